The molecule has 1 aromatic carbocycles. The number of ether oxygens (including phenoxy) is 4. The van der Waals surface area contributed by atoms with Crippen LogP contribution in [0.5, 0.6) is 11.5 Å². The molecule has 0 saturated carbocycles. The zero-order chi connectivity index (χ0) is 52.7. The van der Waals surface area contributed by atoms with E-state index < -0.39 is 23.6 Å². The monoisotopic (exact) mass is 1020 g/mol. The average Bonchev–Trinajstić information content (AvgIpc) is 3.70. The molecule has 16 nitrogen and oxygen atoms in total. The van der Waals surface area contributed by atoms with E-state index in [-0.39, 0.29) is 73.5 Å². The summed E-state index contributed by atoms with van der Waals surface area (Å²) in [4.78, 5) is 75.3. The van der Waals surface area contributed by atoms with E-state index in [0.717, 1.165) is 64.0 Å². The number of halogens is 1. The van der Waals surface area contributed by atoms with Gasteiger partial charge in [0.05, 0.1) is 47.4 Å². The third-order valence-electron chi connectivity index (χ3n) is 14.3. The summed E-state index contributed by atoms with van der Waals surface area (Å²) in [5.41, 5.74) is 12.6. The van der Waals surface area contributed by atoms with Gasteiger partial charge in [-0.05, 0) is 113 Å². The van der Waals surface area contributed by atoms with Gasteiger partial charge in [0, 0.05) is 66.5 Å². The molecule has 386 valence electrons. The maximum Gasteiger partial charge on any atom is 0.410 e. The molecule has 7 rings (SSSR count). The molecular weight excluding hydrogens is 950 g/mol. The Morgan fingerprint density at radius 2 is 1.85 bits per heavy atom. The van der Waals surface area contributed by atoms with Crippen molar-refractivity contribution in [2.45, 2.75) is 125 Å². The number of allylic oxidation sites excluding steroid dienone is 1. The number of pyridine rings is 2. The van der Waals surface area contributed by atoms with Gasteiger partial charge >= 0.3 is 18.0 Å². The Balaban J connectivity index is 1.03. The van der Waals surface area contributed by atoms with E-state index in [1.165, 1.54) is 4.90 Å². The Bertz CT molecular complexity index is 3100. The number of rotatable bonds is 14. The normalized spacial score (nSPS) is 17.0. The molecular formula is C56H66ClN7O9. The lowest BCUT2D eigenvalue weighted by atomic mass is 9.81. The average molecular weight is 1020 g/mol. The summed E-state index contributed by atoms with van der Waals surface area (Å²) in [6.45, 7) is 13.8. The molecule has 0 radical (unpaired) electrons. The smallest absolute Gasteiger partial charge is 0.410 e. The number of aromatic hydroxyl groups is 1. The summed E-state index contributed by atoms with van der Waals surface area (Å²) in [6, 6.07) is 5.14. The molecule has 5 heterocycles. The van der Waals surface area contributed by atoms with Crippen LogP contribution in [-0.2, 0) is 48.0 Å². The standard InChI is InChI=1S/C56H66ClN7O9/c1-10-38(52(67)71-25-17-16-18-36-29-64(51-47(36)50(57)61-54(58)62-51)30-45-35(7)49(70-9)34(6)28-59-45)32(4)23-24-63(8)55(69)73-56(12-3)43-26-33(5)48-40(39(11-2)41-27-37(65)21-22-44(41)60-48)19-14-13-15-20-46(66)42(43)31-72-53(56)68/h21-22,26-29,32,38,65H,10-15,17,19-20,23-25,30-31H2,1-9H3,(H2,58,61,62). The number of cyclic esters (lactones) is 1. The van der Waals surface area contributed by atoms with Gasteiger partial charge in [0.15, 0.2) is 5.78 Å². The molecule has 2 aliphatic rings. The number of methoxy groups -OCH3 is 1. The zero-order valence-corrected chi connectivity index (χ0v) is 44.1. The number of carbonyl (C=O) groups is 4. The van der Waals surface area contributed by atoms with E-state index in [4.69, 9.17) is 41.3 Å². The fraction of sp³-hybridized carbons (Fsp3) is 0.464. The van der Waals surface area contributed by atoms with Crippen LogP contribution in [0.3, 0.4) is 0 Å². The fourth-order valence-electron chi connectivity index (χ4n) is 10.1. The van der Waals surface area contributed by atoms with Crippen molar-refractivity contribution in [3.05, 3.63) is 92.2 Å². The number of nitrogens with zero attached hydrogens (tertiary/aromatic N) is 6. The number of Topliss-reactive ketones (excluding diaryl/α,β-unsaturated/α-hetero) is 1. The number of hydrogen-bond acceptors (Lipinski definition) is 14. The van der Waals surface area contributed by atoms with Gasteiger partial charge in [0.1, 0.15) is 35.5 Å². The molecule has 4 aromatic heterocycles. The number of phenolic OH excluding ortho intramolecular Hbond substituents is 1. The number of benzene rings is 1. The highest BCUT2D eigenvalue weighted by molar-refractivity contribution is 6.34. The van der Waals surface area contributed by atoms with E-state index in [2.05, 4.69) is 33.7 Å². The number of anilines is 1. The van der Waals surface area contributed by atoms with Crippen molar-refractivity contribution >= 4 is 68.9 Å². The highest BCUT2D eigenvalue weighted by Crippen LogP contribution is 2.40. The molecule has 5 aromatic rings. The van der Waals surface area contributed by atoms with Gasteiger partial charge in [-0.2, -0.15) is 4.98 Å². The van der Waals surface area contributed by atoms with Gasteiger partial charge in [-0.15, -0.1) is 0 Å². The van der Waals surface area contributed by atoms with Gasteiger partial charge in [-0.1, -0.05) is 57.6 Å². The molecule has 1 aliphatic carbocycles. The summed E-state index contributed by atoms with van der Waals surface area (Å²) >= 11 is 6.59. The van der Waals surface area contributed by atoms with Crippen molar-refractivity contribution in [2.75, 3.05) is 39.6 Å². The third kappa shape index (κ3) is 11.3. The molecule has 1 aliphatic heterocycles. The van der Waals surface area contributed by atoms with Crippen LogP contribution in [-0.4, -0.2) is 97.8 Å². The highest BCUT2D eigenvalue weighted by atomic mass is 35.5. The number of aromatic nitrogens is 5. The quantitative estimate of drug-likeness (QED) is 0.0349. The van der Waals surface area contributed by atoms with Gasteiger partial charge in [-0.3, -0.25) is 14.6 Å². The first-order valence-corrected chi connectivity index (χ1v) is 25.5. The molecule has 0 bridgehead atoms. The summed E-state index contributed by atoms with van der Waals surface area (Å²) in [5.74, 6) is 5.21. The number of nitrogens with two attached hydrogens (primary N) is 1. The van der Waals surface area contributed by atoms with Gasteiger partial charge < -0.3 is 39.3 Å². The third-order valence-corrected chi connectivity index (χ3v) is 14.5. The maximum absolute atomic E-state index is 14.1. The number of carbonyl (C=O) groups excluding carboxylic acids is 4. The van der Waals surface area contributed by atoms with Crippen molar-refractivity contribution in [2.24, 2.45) is 11.8 Å². The van der Waals surface area contributed by atoms with E-state index in [9.17, 15) is 24.3 Å². The Labute approximate surface area is 431 Å². The first-order chi connectivity index (χ1) is 35.0. The number of phenols is 1. The zero-order valence-electron chi connectivity index (χ0n) is 43.4. The van der Waals surface area contributed by atoms with Crippen LogP contribution >= 0.6 is 11.6 Å². The van der Waals surface area contributed by atoms with Crippen LogP contribution in [0.4, 0.5) is 10.7 Å². The summed E-state index contributed by atoms with van der Waals surface area (Å²) in [6.07, 6.45) is 9.69. The lowest BCUT2D eigenvalue weighted by Gasteiger charge is -2.37. The van der Waals surface area contributed by atoms with Gasteiger partial charge in [0.2, 0.25) is 11.5 Å². The maximum atomic E-state index is 14.1. The van der Waals surface area contributed by atoms with E-state index in [0.29, 0.717) is 71.1 Å². The predicted molar refractivity (Wildman–Crippen MR) is 280 cm³/mol. The summed E-state index contributed by atoms with van der Waals surface area (Å²) < 4.78 is 25.1. The number of amides is 1. The number of hydrogen-bond donors (Lipinski definition) is 2. The molecule has 1 amide bonds. The molecule has 0 spiro atoms. The van der Waals surface area contributed by atoms with Crippen LogP contribution in [0.1, 0.15) is 125 Å². The largest absolute Gasteiger partial charge is 0.508 e. The molecule has 3 unspecified atom stereocenters. The summed E-state index contributed by atoms with van der Waals surface area (Å²) in [5, 5.41) is 12.0. The number of nitrogen functional groups attached to an aromatic ring is 1. The number of ketones is 1. The molecule has 0 fully saturated rings. The Hall–Kier alpha value is -6.99. The number of fused-ring (bicyclic) bond motifs is 3. The van der Waals surface area contributed by atoms with Gasteiger partial charge in [-0.25, -0.2) is 19.6 Å². The predicted octanol–water partition coefficient (Wildman–Crippen LogP) is 9.75. The molecule has 0 saturated heterocycles. The van der Waals surface area contributed by atoms with E-state index >= 15 is 0 Å². The van der Waals surface area contributed by atoms with Crippen molar-refractivity contribution < 1.29 is 43.2 Å². The van der Waals surface area contributed by atoms with Gasteiger partial charge in [0.25, 0.3) is 0 Å². The van der Waals surface area contributed by atoms with Crippen molar-refractivity contribution in [1.29, 1.82) is 0 Å². The van der Waals surface area contributed by atoms with Crippen LogP contribution in [0, 0.1) is 37.5 Å². The van der Waals surface area contributed by atoms with Crippen LogP contribution < -0.4 is 10.5 Å². The Morgan fingerprint density at radius 3 is 2.58 bits per heavy atom. The minimum atomic E-state index is -1.92. The fourth-order valence-corrected chi connectivity index (χ4v) is 10.4. The Morgan fingerprint density at radius 1 is 1.08 bits per heavy atom. The molecule has 3 N–H and O–H groups in total. The van der Waals surface area contributed by atoms with Crippen LogP contribution in [0.25, 0.3) is 27.5 Å². The first-order valence-electron chi connectivity index (χ1n) is 25.1. The minimum Gasteiger partial charge on any atom is -0.508 e. The second-order valence-corrected chi connectivity index (χ2v) is 19.4. The van der Waals surface area contributed by atoms with E-state index in [1.54, 1.807) is 51.6 Å². The molecule has 17 heteroatoms. The van der Waals surface area contributed by atoms with Crippen LogP contribution in [0.15, 0.2) is 47.8 Å². The number of aryl methyl sites for hydroxylation is 2. The van der Waals surface area contributed by atoms with Crippen molar-refractivity contribution in [3.63, 3.8) is 0 Å². The number of esters is 2. The molecule has 73 heavy (non-hydrogen) atoms. The van der Waals surface area contributed by atoms with Crippen molar-refractivity contribution in [3.8, 4) is 23.3 Å². The summed E-state index contributed by atoms with van der Waals surface area (Å²) in [7, 11) is 3.20. The van der Waals surface area contributed by atoms with Crippen LogP contribution in [0.2, 0.25) is 5.15 Å². The molecule has 3 atom stereocenters. The second-order valence-electron chi connectivity index (χ2n) is 19.0. The van der Waals surface area contributed by atoms with E-state index in [1.807, 2.05) is 45.4 Å². The van der Waals surface area contributed by atoms with Crippen molar-refractivity contribution in [1.82, 2.24) is 29.4 Å². The minimum absolute atomic E-state index is 0.00537. The highest BCUT2D eigenvalue weighted by Gasteiger charge is 2.51. The lowest BCUT2D eigenvalue weighted by Crippen LogP contribution is -2.51. The topological polar surface area (TPSA) is 211 Å². The first kappa shape index (κ1) is 53.8. The lowest BCUT2D eigenvalue weighted by molar-refractivity contribution is -0.164. The SMILES string of the molecule is CCc1c2c(nc3ccc(O)cc13)C(C)=CC1=C(COC(=O)C1(CC)OC(=O)N(C)CCC(C)C(CC)C(=O)OCCC#Cc1cn(Cc3ncc(C)c(OC)c3C)c3nc(N)nc(Cl)c13)C(=O)CCCCC2. The second kappa shape index (κ2) is 23.3. The Kier molecular flexibility index (Phi) is 17.1.